The normalized spacial score (nSPS) is 26.6. The van der Waals surface area contributed by atoms with E-state index in [2.05, 4.69) is 29.5 Å². The molecular formula is C19H28N4O2. The first kappa shape index (κ1) is 17.9. The number of hydrogen-bond acceptors (Lipinski definition) is 4. The van der Waals surface area contributed by atoms with Crippen LogP contribution >= 0.6 is 0 Å². The van der Waals surface area contributed by atoms with Gasteiger partial charge in [0.15, 0.2) is 0 Å². The molecule has 1 aromatic rings. The Morgan fingerprint density at radius 1 is 1.24 bits per heavy atom. The Bertz CT molecular complexity index is 607. The molecule has 0 spiro atoms. The summed E-state index contributed by atoms with van der Waals surface area (Å²) in [4.78, 5) is 27.9. The number of unbranched alkanes of at least 4 members (excludes halogenated alkanes) is 1. The van der Waals surface area contributed by atoms with E-state index in [9.17, 15) is 9.59 Å². The quantitative estimate of drug-likeness (QED) is 0.766. The van der Waals surface area contributed by atoms with E-state index in [1.807, 2.05) is 30.3 Å². The summed E-state index contributed by atoms with van der Waals surface area (Å²) in [6.45, 7) is 7.13. The molecule has 136 valence electrons. The molecule has 3 atom stereocenters. The number of amides is 2. The standard InChI is InChI=1S/C19H28N4O2/c1-3-5-11-20-18(24)15-12-22(4-2)13-16-17(15)21-23(19(16)25)14-9-7-6-8-10-14/h6-10,15-17,21H,3-5,11-13H2,1-2H3,(H,20,24). The number of rotatable bonds is 6. The summed E-state index contributed by atoms with van der Waals surface area (Å²) in [6.07, 6.45) is 2.03. The predicted molar refractivity (Wildman–Crippen MR) is 97.9 cm³/mol. The van der Waals surface area contributed by atoms with Crippen LogP contribution in [-0.2, 0) is 9.59 Å². The highest BCUT2D eigenvalue weighted by atomic mass is 16.2. The summed E-state index contributed by atoms with van der Waals surface area (Å²) in [7, 11) is 0. The highest BCUT2D eigenvalue weighted by Gasteiger charge is 2.50. The number of nitrogens with zero attached hydrogens (tertiary/aromatic N) is 2. The molecule has 2 N–H and O–H groups in total. The lowest BCUT2D eigenvalue weighted by Crippen LogP contribution is -2.57. The number of likely N-dealkylation sites (tertiary alicyclic amines) is 1. The minimum absolute atomic E-state index is 0.0526. The van der Waals surface area contributed by atoms with Gasteiger partial charge in [0.1, 0.15) is 0 Å². The van der Waals surface area contributed by atoms with Crippen molar-refractivity contribution in [2.45, 2.75) is 32.7 Å². The second-order valence-corrected chi connectivity index (χ2v) is 6.87. The third-order valence-corrected chi connectivity index (χ3v) is 5.22. The summed E-state index contributed by atoms with van der Waals surface area (Å²) >= 11 is 0. The lowest BCUT2D eigenvalue weighted by molar-refractivity contribution is -0.129. The van der Waals surface area contributed by atoms with Gasteiger partial charge in [-0.2, -0.15) is 0 Å². The number of hydrazine groups is 1. The predicted octanol–water partition coefficient (Wildman–Crippen LogP) is 1.39. The van der Waals surface area contributed by atoms with Crippen molar-refractivity contribution in [2.75, 3.05) is 31.2 Å². The van der Waals surface area contributed by atoms with Crippen molar-refractivity contribution in [1.82, 2.24) is 15.6 Å². The highest BCUT2D eigenvalue weighted by Crippen LogP contribution is 2.31. The molecule has 0 saturated carbocycles. The zero-order chi connectivity index (χ0) is 17.8. The fourth-order valence-corrected chi connectivity index (χ4v) is 3.73. The van der Waals surface area contributed by atoms with Crippen molar-refractivity contribution in [3.63, 3.8) is 0 Å². The van der Waals surface area contributed by atoms with E-state index in [-0.39, 0.29) is 29.7 Å². The minimum Gasteiger partial charge on any atom is -0.356 e. The van der Waals surface area contributed by atoms with Crippen LogP contribution in [0, 0.1) is 11.8 Å². The zero-order valence-electron chi connectivity index (χ0n) is 15.1. The van der Waals surface area contributed by atoms with Crippen LogP contribution in [0.4, 0.5) is 5.69 Å². The van der Waals surface area contributed by atoms with Gasteiger partial charge in [0.25, 0.3) is 0 Å². The van der Waals surface area contributed by atoms with E-state index >= 15 is 0 Å². The molecular weight excluding hydrogens is 316 g/mol. The zero-order valence-corrected chi connectivity index (χ0v) is 15.1. The van der Waals surface area contributed by atoms with E-state index < -0.39 is 0 Å². The third kappa shape index (κ3) is 3.70. The molecule has 0 aliphatic carbocycles. The number of para-hydroxylation sites is 1. The fourth-order valence-electron chi connectivity index (χ4n) is 3.73. The molecule has 2 amide bonds. The maximum Gasteiger partial charge on any atom is 0.247 e. The van der Waals surface area contributed by atoms with E-state index in [0.29, 0.717) is 19.6 Å². The number of nitrogens with one attached hydrogen (secondary N) is 2. The van der Waals surface area contributed by atoms with Crippen molar-refractivity contribution in [3.05, 3.63) is 30.3 Å². The summed E-state index contributed by atoms with van der Waals surface area (Å²) in [5.74, 6) is -0.290. The van der Waals surface area contributed by atoms with Crippen LogP contribution in [0.25, 0.3) is 0 Å². The number of fused-ring (bicyclic) bond motifs is 1. The van der Waals surface area contributed by atoms with Gasteiger partial charge in [0.05, 0.1) is 23.6 Å². The van der Waals surface area contributed by atoms with Crippen LogP contribution < -0.4 is 15.8 Å². The van der Waals surface area contributed by atoms with E-state index in [1.165, 1.54) is 0 Å². The Morgan fingerprint density at radius 3 is 2.68 bits per heavy atom. The molecule has 0 aromatic heterocycles. The fraction of sp³-hybridized carbons (Fsp3) is 0.579. The Hall–Kier alpha value is -1.92. The number of piperidine rings is 1. The first-order valence-electron chi connectivity index (χ1n) is 9.31. The van der Waals surface area contributed by atoms with Crippen molar-refractivity contribution in [1.29, 1.82) is 0 Å². The molecule has 6 nitrogen and oxygen atoms in total. The van der Waals surface area contributed by atoms with Crippen molar-refractivity contribution < 1.29 is 9.59 Å². The summed E-state index contributed by atoms with van der Waals surface area (Å²) < 4.78 is 0. The lowest BCUT2D eigenvalue weighted by Gasteiger charge is -2.37. The van der Waals surface area contributed by atoms with Gasteiger partial charge in [-0.1, -0.05) is 38.5 Å². The summed E-state index contributed by atoms with van der Waals surface area (Å²) in [6, 6.07) is 9.45. The average molecular weight is 344 g/mol. The SMILES string of the molecule is CCCCNC(=O)C1CN(CC)CC2C(=O)N(c3ccccc3)NC12. The molecule has 0 bridgehead atoms. The van der Waals surface area contributed by atoms with Crippen LogP contribution in [0.15, 0.2) is 30.3 Å². The molecule has 2 heterocycles. The van der Waals surface area contributed by atoms with Gasteiger partial charge in [0.2, 0.25) is 11.8 Å². The molecule has 2 aliphatic heterocycles. The highest BCUT2D eigenvalue weighted by molar-refractivity contribution is 5.98. The Labute approximate surface area is 149 Å². The van der Waals surface area contributed by atoms with E-state index in [0.717, 1.165) is 25.1 Å². The monoisotopic (exact) mass is 344 g/mol. The largest absolute Gasteiger partial charge is 0.356 e. The van der Waals surface area contributed by atoms with Gasteiger partial charge in [-0.3, -0.25) is 9.59 Å². The molecule has 3 rings (SSSR count). The lowest BCUT2D eigenvalue weighted by atomic mass is 9.84. The van der Waals surface area contributed by atoms with Gasteiger partial charge in [-0.25, -0.2) is 10.4 Å². The molecule has 1 aromatic carbocycles. The van der Waals surface area contributed by atoms with Gasteiger partial charge in [0, 0.05) is 19.6 Å². The van der Waals surface area contributed by atoms with Crippen molar-refractivity contribution in [3.8, 4) is 0 Å². The van der Waals surface area contributed by atoms with Crippen molar-refractivity contribution >= 4 is 17.5 Å². The smallest absolute Gasteiger partial charge is 0.247 e. The first-order chi connectivity index (χ1) is 12.2. The van der Waals surface area contributed by atoms with Crippen LogP contribution in [0.5, 0.6) is 0 Å². The molecule has 2 fully saturated rings. The van der Waals surface area contributed by atoms with E-state index in [1.54, 1.807) is 5.01 Å². The number of anilines is 1. The van der Waals surface area contributed by atoms with Gasteiger partial charge in [-0.05, 0) is 25.1 Å². The minimum atomic E-state index is -0.215. The Kier molecular flexibility index (Phi) is 5.71. The van der Waals surface area contributed by atoms with Gasteiger partial charge >= 0.3 is 0 Å². The van der Waals surface area contributed by atoms with Gasteiger partial charge < -0.3 is 10.2 Å². The van der Waals surface area contributed by atoms with Crippen LogP contribution in [0.1, 0.15) is 26.7 Å². The maximum atomic E-state index is 12.9. The second-order valence-electron chi connectivity index (χ2n) is 6.87. The van der Waals surface area contributed by atoms with Crippen LogP contribution in [0.2, 0.25) is 0 Å². The number of carbonyl (C=O) groups excluding carboxylic acids is 2. The molecule has 6 heteroatoms. The number of hydrogen-bond donors (Lipinski definition) is 2. The Morgan fingerprint density at radius 2 is 2.00 bits per heavy atom. The van der Waals surface area contributed by atoms with Crippen LogP contribution in [0.3, 0.4) is 0 Å². The molecule has 0 radical (unpaired) electrons. The van der Waals surface area contributed by atoms with Crippen molar-refractivity contribution in [2.24, 2.45) is 11.8 Å². The first-order valence-corrected chi connectivity index (χ1v) is 9.31. The van der Waals surface area contributed by atoms with Gasteiger partial charge in [-0.15, -0.1) is 0 Å². The maximum absolute atomic E-state index is 12.9. The second kappa shape index (κ2) is 7.97. The average Bonchev–Trinajstić information content (AvgIpc) is 2.98. The van der Waals surface area contributed by atoms with E-state index in [4.69, 9.17) is 0 Å². The molecule has 25 heavy (non-hydrogen) atoms. The third-order valence-electron chi connectivity index (χ3n) is 5.22. The summed E-state index contributed by atoms with van der Waals surface area (Å²) in [5.41, 5.74) is 4.15. The summed E-state index contributed by atoms with van der Waals surface area (Å²) in [5, 5.41) is 4.67. The van der Waals surface area contributed by atoms with Crippen LogP contribution in [-0.4, -0.2) is 48.9 Å². The topological polar surface area (TPSA) is 64.7 Å². The molecule has 3 unspecified atom stereocenters. The molecule has 2 saturated heterocycles. The Balaban J connectivity index is 1.78. The number of carbonyl (C=O) groups is 2. The molecule has 2 aliphatic rings. The number of benzene rings is 1.